The Hall–Kier alpha value is -2.96. The van der Waals surface area contributed by atoms with E-state index < -0.39 is 23.5 Å². The molecule has 0 unspecified atom stereocenters. The van der Waals surface area contributed by atoms with E-state index in [-0.39, 0.29) is 31.1 Å². The maximum Gasteiger partial charge on any atom is 0.257 e. The fourth-order valence-corrected chi connectivity index (χ4v) is 2.17. The average molecular weight is 348 g/mol. The van der Waals surface area contributed by atoms with Crippen LogP contribution in [0.2, 0.25) is 0 Å². The summed E-state index contributed by atoms with van der Waals surface area (Å²) in [5.41, 5.74) is 6.06. The van der Waals surface area contributed by atoms with Crippen molar-refractivity contribution in [3.8, 4) is 5.75 Å². The smallest absolute Gasteiger partial charge is 0.257 e. The van der Waals surface area contributed by atoms with Crippen LogP contribution in [0, 0.1) is 17.6 Å². The number of rotatable bonds is 8. The van der Waals surface area contributed by atoms with Crippen LogP contribution in [0.4, 0.5) is 8.78 Å². The first kappa shape index (κ1) is 18.4. The van der Waals surface area contributed by atoms with Crippen molar-refractivity contribution in [2.45, 2.75) is 6.42 Å². The van der Waals surface area contributed by atoms with Crippen LogP contribution in [0.3, 0.4) is 0 Å². The highest BCUT2D eigenvalue weighted by atomic mass is 19.1. The van der Waals surface area contributed by atoms with Crippen molar-refractivity contribution in [2.24, 2.45) is 11.7 Å². The van der Waals surface area contributed by atoms with Crippen LogP contribution >= 0.6 is 0 Å². The van der Waals surface area contributed by atoms with Crippen molar-refractivity contribution in [1.82, 2.24) is 5.32 Å². The van der Waals surface area contributed by atoms with Gasteiger partial charge >= 0.3 is 0 Å². The van der Waals surface area contributed by atoms with E-state index in [0.717, 1.165) is 5.56 Å². The number of hydrogen-bond donors (Lipinski definition) is 2. The Kier molecular flexibility index (Phi) is 6.45. The molecule has 25 heavy (non-hydrogen) atoms. The number of nitrogens with two attached hydrogens (primary N) is 1. The van der Waals surface area contributed by atoms with E-state index in [9.17, 15) is 18.4 Å². The molecule has 0 aliphatic heterocycles. The molecule has 0 aliphatic rings. The molecule has 5 nitrogen and oxygen atoms in total. The lowest BCUT2D eigenvalue weighted by Gasteiger charge is -2.15. The van der Waals surface area contributed by atoms with Crippen LogP contribution in [0.5, 0.6) is 5.75 Å². The molecular formula is C18H18F2N2O3. The fourth-order valence-electron chi connectivity index (χ4n) is 2.17. The summed E-state index contributed by atoms with van der Waals surface area (Å²) in [4.78, 5) is 23.3. The van der Waals surface area contributed by atoms with Crippen LogP contribution in [-0.4, -0.2) is 25.0 Å². The second-order valence-electron chi connectivity index (χ2n) is 5.45. The van der Waals surface area contributed by atoms with Crippen molar-refractivity contribution in [3.63, 3.8) is 0 Å². The van der Waals surface area contributed by atoms with E-state index in [1.165, 1.54) is 30.3 Å². The highest BCUT2D eigenvalue weighted by molar-refractivity contribution is 5.80. The van der Waals surface area contributed by atoms with Crippen LogP contribution in [0.15, 0.2) is 48.5 Å². The minimum atomic E-state index is -0.650. The van der Waals surface area contributed by atoms with Crippen molar-refractivity contribution in [1.29, 1.82) is 0 Å². The van der Waals surface area contributed by atoms with Crippen LogP contribution in [0.25, 0.3) is 0 Å². The number of ether oxygens (including phenoxy) is 1. The molecule has 2 amide bonds. The largest absolute Gasteiger partial charge is 0.481 e. The number of halogens is 2. The summed E-state index contributed by atoms with van der Waals surface area (Å²) < 4.78 is 31.4. The second-order valence-corrected chi connectivity index (χ2v) is 5.45. The van der Waals surface area contributed by atoms with Gasteiger partial charge in [0.2, 0.25) is 5.91 Å². The average Bonchev–Trinajstić information content (AvgIpc) is 2.59. The fraction of sp³-hybridized carbons (Fsp3) is 0.222. The number of para-hydroxylation sites is 1. The summed E-state index contributed by atoms with van der Waals surface area (Å²) in [5, 5.41) is 2.52. The van der Waals surface area contributed by atoms with E-state index in [4.69, 9.17) is 10.5 Å². The summed E-state index contributed by atoms with van der Waals surface area (Å²) in [7, 11) is 0. The Morgan fingerprint density at radius 1 is 1.08 bits per heavy atom. The molecule has 0 radical (unpaired) electrons. The van der Waals surface area contributed by atoms with E-state index in [2.05, 4.69) is 5.32 Å². The monoisotopic (exact) mass is 348 g/mol. The highest BCUT2D eigenvalue weighted by Gasteiger charge is 2.17. The number of carbonyl (C=O) groups excluding carboxylic acids is 2. The van der Waals surface area contributed by atoms with E-state index >= 15 is 0 Å². The second kappa shape index (κ2) is 8.77. The molecule has 0 aliphatic carbocycles. The maximum atomic E-state index is 13.4. The number of benzene rings is 2. The summed E-state index contributed by atoms with van der Waals surface area (Å²) in [5.74, 6) is -2.72. The Bertz CT molecular complexity index is 735. The molecule has 0 fully saturated rings. The normalized spacial score (nSPS) is 11.6. The highest BCUT2D eigenvalue weighted by Crippen LogP contribution is 2.15. The first-order valence-corrected chi connectivity index (χ1v) is 7.63. The van der Waals surface area contributed by atoms with Gasteiger partial charge in [-0.05, 0) is 36.2 Å². The van der Waals surface area contributed by atoms with Crippen molar-refractivity contribution < 1.29 is 23.1 Å². The third-order valence-electron chi connectivity index (χ3n) is 3.54. The molecule has 0 saturated carbocycles. The van der Waals surface area contributed by atoms with Gasteiger partial charge in [0.25, 0.3) is 5.91 Å². The molecule has 0 saturated heterocycles. The van der Waals surface area contributed by atoms with Gasteiger partial charge in [-0.1, -0.05) is 24.3 Å². The predicted octanol–water partition coefficient (Wildman–Crippen LogP) is 1.80. The molecule has 132 valence electrons. The van der Waals surface area contributed by atoms with Gasteiger partial charge in [0.15, 0.2) is 18.2 Å². The Morgan fingerprint density at radius 3 is 2.40 bits per heavy atom. The molecule has 0 heterocycles. The molecule has 0 bridgehead atoms. The van der Waals surface area contributed by atoms with Crippen molar-refractivity contribution in [2.75, 3.05) is 13.2 Å². The Labute approximate surface area is 143 Å². The molecule has 2 rings (SSSR count). The quantitative estimate of drug-likeness (QED) is 0.763. The van der Waals surface area contributed by atoms with Gasteiger partial charge in [-0.15, -0.1) is 0 Å². The standard InChI is InChI=1S/C18H18F2N2O3/c19-14-7-5-12(6-8-14)9-13(18(21)24)10-22-17(23)11-25-16-4-2-1-3-15(16)20/h1-8,13H,9-11H2,(H2,21,24)(H,22,23)/t13-/m0/s1. The van der Waals surface area contributed by atoms with Crippen LogP contribution < -0.4 is 15.8 Å². The minimum absolute atomic E-state index is 0.00613. The number of amides is 2. The van der Waals surface area contributed by atoms with Crippen molar-refractivity contribution >= 4 is 11.8 Å². The van der Waals surface area contributed by atoms with E-state index in [1.807, 2.05) is 0 Å². The molecule has 2 aromatic rings. The summed E-state index contributed by atoms with van der Waals surface area (Å²) >= 11 is 0. The number of nitrogens with one attached hydrogen (secondary N) is 1. The Balaban J connectivity index is 1.83. The molecule has 0 spiro atoms. The zero-order valence-corrected chi connectivity index (χ0v) is 13.4. The third kappa shape index (κ3) is 5.87. The van der Waals surface area contributed by atoms with Gasteiger partial charge in [0.1, 0.15) is 5.82 Å². The van der Waals surface area contributed by atoms with E-state index in [1.54, 1.807) is 18.2 Å². The number of carbonyl (C=O) groups is 2. The summed E-state index contributed by atoms with van der Waals surface area (Å²) in [6.45, 7) is -0.380. The number of primary amides is 1. The zero-order chi connectivity index (χ0) is 18.2. The van der Waals surface area contributed by atoms with Crippen LogP contribution in [-0.2, 0) is 16.0 Å². The van der Waals surface area contributed by atoms with Gasteiger partial charge in [-0.2, -0.15) is 0 Å². The van der Waals surface area contributed by atoms with Gasteiger partial charge < -0.3 is 15.8 Å². The number of hydrogen-bond acceptors (Lipinski definition) is 3. The van der Waals surface area contributed by atoms with E-state index in [0.29, 0.717) is 0 Å². The lowest BCUT2D eigenvalue weighted by Crippen LogP contribution is -2.39. The van der Waals surface area contributed by atoms with Gasteiger partial charge in [0, 0.05) is 6.54 Å². The Morgan fingerprint density at radius 2 is 1.76 bits per heavy atom. The topological polar surface area (TPSA) is 81.4 Å². The summed E-state index contributed by atoms with van der Waals surface area (Å²) in [6.07, 6.45) is 0.268. The molecular weight excluding hydrogens is 330 g/mol. The minimum Gasteiger partial charge on any atom is -0.481 e. The van der Waals surface area contributed by atoms with Gasteiger partial charge in [0.05, 0.1) is 5.92 Å². The van der Waals surface area contributed by atoms with Crippen LogP contribution in [0.1, 0.15) is 5.56 Å². The SMILES string of the molecule is NC(=O)[C@H](CNC(=O)COc1ccccc1F)Cc1ccc(F)cc1. The molecule has 1 atom stereocenters. The van der Waals surface area contributed by atoms with Gasteiger partial charge in [-0.3, -0.25) is 9.59 Å². The molecule has 2 aromatic carbocycles. The summed E-state index contributed by atoms with van der Waals surface area (Å²) in [6, 6.07) is 11.4. The lowest BCUT2D eigenvalue weighted by atomic mass is 9.98. The van der Waals surface area contributed by atoms with Gasteiger partial charge in [-0.25, -0.2) is 8.78 Å². The zero-order valence-electron chi connectivity index (χ0n) is 13.4. The maximum absolute atomic E-state index is 13.4. The van der Waals surface area contributed by atoms with Crippen molar-refractivity contribution in [3.05, 3.63) is 65.7 Å². The first-order chi connectivity index (χ1) is 12.0. The molecule has 0 aromatic heterocycles. The first-order valence-electron chi connectivity index (χ1n) is 7.63. The third-order valence-corrected chi connectivity index (χ3v) is 3.54. The lowest BCUT2D eigenvalue weighted by molar-refractivity contribution is -0.124. The molecule has 3 N–H and O–H groups in total. The molecule has 7 heteroatoms. The predicted molar refractivity (Wildman–Crippen MR) is 87.7 cm³/mol.